The van der Waals surface area contributed by atoms with Gasteiger partial charge in [-0.05, 0) is 43.1 Å². The summed E-state index contributed by atoms with van der Waals surface area (Å²) < 4.78 is 26.0. The Kier molecular flexibility index (Phi) is 6.08. The van der Waals surface area contributed by atoms with Crippen LogP contribution in [0.5, 0.6) is 0 Å². The molecule has 1 aliphatic rings. The van der Waals surface area contributed by atoms with E-state index in [1.54, 1.807) is 30.5 Å². The van der Waals surface area contributed by atoms with E-state index >= 15 is 0 Å². The van der Waals surface area contributed by atoms with Gasteiger partial charge in [0.05, 0.1) is 11.3 Å². The zero-order valence-electron chi connectivity index (χ0n) is 15.3. The molecule has 2 aromatic rings. The van der Waals surface area contributed by atoms with Gasteiger partial charge in [0.2, 0.25) is 10.0 Å². The highest BCUT2D eigenvalue weighted by atomic mass is 32.2. The first-order chi connectivity index (χ1) is 13.0. The molecule has 3 rings (SSSR count). The molecule has 0 radical (unpaired) electrons. The molecule has 0 unspecified atom stereocenters. The molecule has 8 heteroatoms. The molecule has 144 valence electrons. The Morgan fingerprint density at radius 2 is 1.81 bits per heavy atom. The molecule has 1 saturated heterocycles. The second-order valence-electron chi connectivity index (χ2n) is 6.48. The van der Waals surface area contributed by atoms with E-state index in [9.17, 15) is 13.2 Å². The maximum atomic E-state index is 12.7. The summed E-state index contributed by atoms with van der Waals surface area (Å²) in [6.07, 6.45) is 3.90. The molecular weight excluding hydrogens is 364 g/mol. The van der Waals surface area contributed by atoms with Gasteiger partial charge in [-0.15, -0.1) is 0 Å². The van der Waals surface area contributed by atoms with Crippen LogP contribution in [0.1, 0.15) is 34.3 Å². The number of amides is 1. The number of carbonyl (C=O) groups is 1. The van der Waals surface area contributed by atoms with E-state index < -0.39 is 10.0 Å². The molecule has 0 bridgehead atoms. The number of hydrogen-bond acceptors (Lipinski definition) is 5. The van der Waals surface area contributed by atoms with Crippen molar-refractivity contribution in [1.29, 1.82) is 0 Å². The molecule has 1 fully saturated rings. The minimum atomic E-state index is -3.38. The summed E-state index contributed by atoms with van der Waals surface area (Å²) in [5, 5.41) is 2.90. The highest BCUT2D eigenvalue weighted by Gasteiger charge is 2.20. The lowest BCUT2D eigenvalue weighted by Crippen LogP contribution is -2.28. The van der Waals surface area contributed by atoms with Crippen LogP contribution in [0.25, 0.3) is 0 Å². The first-order valence-corrected chi connectivity index (χ1v) is 10.6. The lowest BCUT2D eigenvalue weighted by Gasteiger charge is -2.19. The number of hydrogen-bond donors (Lipinski definition) is 2. The van der Waals surface area contributed by atoms with Gasteiger partial charge in [0.1, 0.15) is 5.82 Å². The standard InChI is InChI=1S/C19H24N4O3S/c1-20-27(25,26)14-16-8-3-2-7-15(16)13-22-19(24)17-9-6-10-21-18(17)23-11-4-5-12-23/h2-3,6-10,20H,4-5,11-14H2,1H3,(H,22,24). The molecule has 7 nitrogen and oxygen atoms in total. The predicted octanol–water partition coefficient (Wildman–Crippen LogP) is 1.66. The number of aromatic nitrogens is 1. The summed E-state index contributed by atoms with van der Waals surface area (Å²) in [7, 11) is -1.99. The third-order valence-corrected chi connectivity index (χ3v) is 5.96. The third kappa shape index (κ3) is 4.84. The van der Waals surface area contributed by atoms with Crippen LogP contribution >= 0.6 is 0 Å². The van der Waals surface area contributed by atoms with Crippen LogP contribution in [-0.2, 0) is 22.3 Å². The van der Waals surface area contributed by atoms with Gasteiger partial charge < -0.3 is 10.2 Å². The maximum absolute atomic E-state index is 12.7. The monoisotopic (exact) mass is 388 g/mol. The lowest BCUT2D eigenvalue weighted by atomic mass is 10.1. The van der Waals surface area contributed by atoms with Gasteiger partial charge in [-0.3, -0.25) is 4.79 Å². The van der Waals surface area contributed by atoms with Gasteiger partial charge in [0, 0.05) is 25.8 Å². The van der Waals surface area contributed by atoms with Crippen molar-refractivity contribution in [2.45, 2.75) is 25.1 Å². The van der Waals surface area contributed by atoms with Crippen LogP contribution in [0.2, 0.25) is 0 Å². The first-order valence-electron chi connectivity index (χ1n) is 8.96. The summed E-state index contributed by atoms with van der Waals surface area (Å²) in [4.78, 5) is 19.3. The van der Waals surface area contributed by atoms with Gasteiger partial charge in [-0.1, -0.05) is 24.3 Å². The summed E-state index contributed by atoms with van der Waals surface area (Å²) in [5.74, 6) is 0.372. The van der Waals surface area contributed by atoms with Crippen LogP contribution in [0, 0.1) is 0 Å². The van der Waals surface area contributed by atoms with Crippen molar-refractivity contribution < 1.29 is 13.2 Å². The normalized spacial score (nSPS) is 14.3. The van der Waals surface area contributed by atoms with Gasteiger partial charge in [-0.2, -0.15) is 0 Å². The van der Waals surface area contributed by atoms with Crippen molar-refractivity contribution in [3.63, 3.8) is 0 Å². The van der Waals surface area contributed by atoms with Crippen molar-refractivity contribution in [3.8, 4) is 0 Å². The molecule has 1 aromatic heterocycles. The van der Waals surface area contributed by atoms with Crippen molar-refractivity contribution in [2.75, 3.05) is 25.0 Å². The SMILES string of the molecule is CNS(=O)(=O)Cc1ccccc1CNC(=O)c1cccnc1N1CCCC1. The molecule has 2 N–H and O–H groups in total. The van der Waals surface area contributed by atoms with Crippen molar-refractivity contribution >= 4 is 21.7 Å². The molecule has 0 aliphatic carbocycles. The molecule has 1 aromatic carbocycles. The maximum Gasteiger partial charge on any atom is 0.255 e. The number of nitrogens with zero attached hydrogens (tertiary/aromatic N) is 2. The molecule has 2 heterocycles. The average molecular weight is 388 g/mol. The van der Waals surface area contributed by atoms with Crippen molar-refractivity contribution in [1.82, 2.24) is 15.0 Å². The molecule has 1 aliphatic heterocycles. The fourth-order valence-electron chi connectivity index (χ4n) is 3.17. The second kappa shape index (κ2) is 8.49. The molecule has 0 spiro atoms. The highest BCUT2D eigenvalue weighted by molar-refractivity contribution is 7.88. The zero-order chi connectivity index (χ0) is 19.3. The Morgan fingerprint density at radius 1 is 1.11 bits per heavy atom. The Bertz CT molecular complexity index is 909. The summed E-state index contributed by atoms with van der Waals surface area (Å²) >= 11 is 0. The quantitative estimate of drug-likeness (QED) is 0.753. The van der Waals surface area contributed by atoms with E-state index in [-0.39, 0.29) is 18.2 Å². The van der Waals surface area contributed by atoms with Crippen LogP contribution in [-0.4, -0.2) is 39.4 Å². The molecule has 0 saturated carbocycles. The Labute approximate surface area is 159 Å². The zero-order valence-corrected chi connectivity index (χ0v) is 16.1. The first kappa shape index (κ1) is 19.3. The van der Waals surface area contributed by atoms with E-state index in [0.29, 0.717) is 16.9 Å². The minimum Gasteiger partial charge on any atom is -0.356 e. The number of benzene rings is 1. The second-order valence-corrected chi connectivity index (χ2v) is 8.41. The number of nitrogens with one attached hydrogen (secondary N) is 2. The molecule has 1 amide bonds. The van der Waals surface area contributed by atoms with Crippen LogP contribution in [0.4, 0.5) is 5.82 Å². The predicted molar refractivity (Wildman–Crippen MR) is 105 cm³/mol. The lowest BCUT2D eigenvalue weighted by molar-refractivity contribution is 0.0951. The molecule has 27 heavy (non-hydrogen) atoms. The van der Waals surface area contributed by atoms with Crippen molar-refractivity contribution in [3.05, 3.63) is 59.3 Å². The molecule has 0 atom stereocenters. The number of anilines is 1. The topological polar surface area (TPSA) is 91.4 Å². The summed E-state index contributed by atoms with van der Waals surface area (Å²) in [6.45, 7) is 2.06. The number of sulfonamides is 1. The van der Waals surface area contributed by atoms with E-state index in [2.05, 4.69) is 19.9 Å². The van der Waals surface area contributed by atoms with Gasteiger partial charge in [-0.25, -0.2) is 18.1 Å². The number of carbonyl (C=O) groups excluding carboxylic acids is 1. The van der Waals surface area contributed by atoms with E-state index in [4.69, 9.17) is 0 Å². The summed E-state index contributed by atoms with van der Waals surface area (Å²) in [6, 6.07) is 10.7. The fraction of sp³-hybridized carbons (Fsp3) is 0.368. The van der Waals surface area contributed by atoms with E-state index in [1.807, 2.05) is 12.1 Å². The Balaban J connectivity index is 1.74. The van der Waals surface area contributed by atoms with Gasteiger partial charge in [0.15, 0.2) is 0 Å². The minimum absolute atomic E-state index is 0.124. The van der Waals surface area contributed by atoms with E-state index in [1.165, 1.54) is 7.05 Å². The van der Waals surface area contributed by atoms with Crippen LogP contribution in [0.3, 0.4) is 0 Å². The number of rotatable bonds is 7. The highest BCUT2D eigenvalue weighted by Crippen LogP contribution is 2.22. The largest absolute Gasteiger partial charge is 0.356 e. The average Bonchev–Trinajstić information content (AvgIpc) is 3.21. The Hall–Kier alpha value is -2.45. The van der Waals surface area contributed by atoms with Crippen LogP contribution < -0.4 is 14.9 Å². The third-order valence-electron chi connectivity index (χ3n) is 4.65. The summed E-state index contributed by atoms with van der Waals surface area (Å²) in [5.41, 5.74) is 1.98. The molecular formula is C19H24N4O3S. The van der Waals surface area contributed by atoms with Gasteiger partial charge in [0.25, 0.3) is 5.91 Å². The van der Waals surface area contributed by atoms with Gasteiger partial charge >= 0.3 is 0 Å². The van der Waals surface area contributed by atoms with Crippen molar-refractivity contribution in [2.24, 2.45) is 0 Å². The van der Waals surface area contributed by atoms with Crippen LogP contribution in [0.15, 0.2) is 42.6 Å². The van der Waals surface area contributed by atoms with E-state index in [0.717, 1.165) is 31.5 Å². The number of pyridine rings is 1. The Morgan fingerprint density at radius 3 is 2.52 bits per heavy atom. The fourth-order valence-corrected chi connectivity index (χ4v) is 4.01. The smallest absolute Gasteiger partial charge is 0.255 e.